The average molecular weight is 286 g/mol. The van der Waals surface area contributed by atoms with Gasteiger partial charge < -0.3 is 5.32 Å². The van der Waals surface area contributed by atoms with E-state index in [4.69, 9.17) is 11.6 Å². The second kappa shape index (κ2) is 5.23. The zero-order valence-electron chi connectivity index (χ0n) is 12.0. The normalized spacial score (nSPS) is 16.8. The van der Waals surface area contributed by atoms with Gasteiger partial charge in [0.05, 0.1) is 0 Å². The number of rotatable bonds is 3. The van der Waals surface area contributed by atoms with E-state index >= 15 is 0 Å². The zero-order valence-corrected chi connectivity index (χ0v) is 12.8. The van der Waals surface area contributed by atoms with Crippen LogP contribution in [0.2, 0.25) is 5.02 Å². The predicted molar refractivity (Wildman–Crippen MR) is 85.6 cm³/mol. The first-order chi connectivity index (χ1) is 9.59. The van der Waals surface area contributed by atoms with Gasteiger partial charge in [0.15, 0.2) is 0 Å². The van der Waals surface area contributed by atoms with Gasteiger partial charge in [-0.1, -0.05) is 41.9 Å². The Bertz CT molecular complexity index is 612. The first-order valence-corrected chi connectivity index (χ1v) is 7.50. The Balaban J connectivity index is 1.89. The minimum atomic E-state index is 0.228. The second-order valence-electron chi connectivity index (χ2n) is 5.99. The maximum absolute atomic E-state index is 6.01. The van der Waals surface area contributed by atoms with E-state index in [-0.39, 0.29) is 5.41 Å². The molecule has 0 radical (unpaired) electrons. The van der Waals surface area contributed by atoms with E-state index in [0.717, 1.165) is 24.5 Å². The summed E-state index contributed by atoms with van der Waals surface area (Å²) in [4.78, 5) is 0. The molecule has 0 unspecified atom stereocenters. The van der Waals surface area contributed by atoms with E-state index in [1.807, 2.05) is 12.1 Å². The van der Waals surface area contributed by atoms with Crippen LogP contribution in [-0.2, 0) is 11.8 Å². The molecule has 0 aliphatic carbocycles. The van der Waals surface area contributed by atoms with Crippen molar-refractivity contribution in [3.05, 3.63) is 69.7 Å². The van der Waals surface area contributed by atoms with E-state index < -0.39 is 0 Å². The summed E-state index contributed by atoms with van der Waals surface area (Å²) in [6.07, 6.45) is 1.09. The van der Waals surface area contributed by atoms with E-state index in [2.05, 4.69) is 49.5 Å². The standard InChI is InChI=1S/C18H20ClN/c1-13-3-4-15(9-14(13)2)10-18(11-20-12-18)16-5-7-17(19)8-6-16/h3-9,20H,10-12H2,1-2H3. The lowest BCUT2D eigenvalue weighted by molar-refractivity contribution is 0.274. The van der Waals surface area contributed by atoms with E-state index in [1.54, 1.807) is 0 Å². The van der Waals surface area contributed by atoms with Crippen LogP contribution in [-0.4, -0.2) is 13.1 Å². The van der Waals surface area contributed by atoms with Gasteiger partial charge in [0, 0.05) is 23.5 Å². The molecule has 0 spiro atoms. The van der Waals surface area contributed by atoms with Crippen molar-refractivity contribution in [1.82, 2.24) is 5.32 Å². The zero-order chi connectivity index (χ0) is 14.2. The minimum absolute atomic E-state index is 0.228. The molecule has 0 bridgehead atoms. The van der Waals surface area contributed by atoms with Crippen LogP contribution in [0.5, 0.6) is 0 Å². The summed E-state index contributed by atoms with van der Waals surface area (Å²) in [5, 5.41) is 4.24. The molecule has 0 aromatic heterocycles. The Kier molecular flexibility index (Phi) is 3.57. The highest BCUT2D eigenvalue weighted by atomic mass is 35.5. The summed E-state index contributed by atoms with van der Waals surface area (Å²) in [5.41, 5.74) is 5.78. The number of hydrogen-bond donors (Lipinski definition) is 1. The van der Waals surface area contributed by atoms with Crippen molar-refractivity contribution < 1.29 is 0 Å². The highest BCUT2D eigenvalue weighted by molar-refractivity contribution is 6.30. The smallest absolute Gasteiger partial charge is 0.0406 e. The number of aryl methyl sites for hydroxylation is 2. The molecule has 0 saturated carbocycles. The van der Waals surface area contributed by atoms with Crippen molar-refractivity contribution in [3.63, 3.8) is 0 Å². The molecule has 1 fully saturated rings. The van der Waals surface area contributed by atoms with Crippen molar-refractivity contribution in [2.75, 3.05) is 13.1 Å². The van der Waals surface area contributed by atoms with E-state index in [9.17, 15) is 0 Å². The van der Waals surface area contributed by atoms with Crippen LogP contribution in [0.4, 0.5) is 0 Å². The molecule has 1 heterocycles. The highest BCUT2D eigenvalue weighted by Gasteiger charge is 2.38. The molecule has 1 N–H and O–H groups in total. The minimum Gasteiger partial charge on any atom is -0.315 e. The largest absolute Gasteiger partial charge is 0.315 e. The molecule has 1 aliphatic heterocycles. The van der Waals surface area contributed by atoms with Crippen LogP contribution in [0.25, 0.3) is 0 Å². The second-order valence-corrected chi connectivity index (χ2v) is 6.42. The molecular formula is C18H20ClN. The predicted octanol–water partition coefficient (Wildman–Crippen LogP) is 4.04. The maximum Gasteiger partial charge on any atom is 0.0406 e. The lowest BCUT2D eigenvalue weighted by Gasteiger charge is -2.43. The van der Waals surface area contributed by atoms with Gasteiger partial charge in [-0.2, -0.15) is 0 Å². The number of hydrogen-bond acceptors (Lipinski definition) is 1. The van der Waals surface area contributed by atoms with Crippen LogP contribution in [0.15, 0.2) is 42.5 Å². The van der Waals surface area contributed by atoms with Crippen LogP contribution in [0.1, 0.15) is 22.3 Å². The van der Waals surface area contributed by atoms with Crippen LogP contribution >= 0.6 is 11.6 Å². The van der Waals surface area contributed by atoms with Gasteiger partial charge in [0.1, 0.15) is 0 Å². The third kappa shape index (κ3) is 2.48. The van der Waals surface area contributed by atoms with Gasteiger partial charge in [0.25, 0.3) is 0 Å². The van der Waals surface area contributed by atoms with Gasteiger partial charge in [0.2, 0.25) is 0 Å². The van der Waals surface area contributed by atoms with Crippen LogP contribution < -0.4 is 5.32 Å². The summed E-state index contributed by atoms with van der Waals surface area (Å²) in [5.74, 6) is 0. The van der Waals surface area contributed by atoms with Crippen LogP contribution in [0.3, 0.4) is 0 Å². The Morgan fingerprint density at radius 3 is 2.25 bits per heavy atom. The summed E-state index contributed by atoms with van der Waals surface area (Å²) < 4.78 is 0. The summed E-state index contributed by atoms with van der Waals surface area (Å²) in [6, 6.07) is 15.2. The molecule has 1 saturated heterocycles. The molecule has 20 heavy (non-hydrogen) atoms. The van der Waals surface area contributed by atoms with Gasteiger partial charge in [-0.05, 0) is 54.7 Å². The molecule has 2 heteroatoms. The summed E-state index contributed by atoms with van der Waals surface area (Å²) >= 11 is 6.01. The fourth-order valence-corrected chi connectivity index (χ4v) is 3.09. The molecule has 2 aromatic rings. The summed E-state index contributed by atoms with van der Waals surface area (Å²) in [7, 11) is 0. The molecule has 104 valence electrons. The fourth-order valence-electron chi connectivity index (χ4n) is 2.97. The van der Waals surface area contributed by atoms with Crippen molar-refractivity contribution in [1.29, 1.82) is 0 Å². The van der Waals surface area contributed by atoms with E-state index in [1.165, 1.54) is 22.3 Å². The number of halogens is 1. The fraction of sp³-hybridized carbons (Fsp3) is 0.333. The molecule has 0 amide bonds. The SMILES string of the molecule is Cc1ccc(CC2(c3ccc(Cl)cc3)CNC2)cc1C. The highest BCUT2D eigenvalue weighted by Crippen LogP contribution is 2.33. The Labute approximate surface area is 126 Å². The molecule has 1 aliphatic rings. The monoisotopic (exact) mass is 285 g/mol. The number of nitrogens with one attached hydrogen (secondary N) is 1. The Morgan fingerprint density at radius 1 is 1.00 bits per heavy atom. The Hall–Kier alpha value is -1.31. The van der Waals surface area contributed by atoms with E-state index in [0.29, 0.717) is 0 Å². The third-order valence-electron chi connectivity index (χ3n) is 4.50. The van der Waals surface area contributed by atoms with Crippen molar-refractivity contribution in [3.8, 4) is 0 Å². The van der Waals surface area contributed by atoms with Gasteiger partial charge in [-0.15, -0.1) is 0 Å². The number of benzene rings is 2. The molecule has 2 aromatic carbocycles. The lowest BCUT2D eigenvalue weighted by atomic mass is 9.71. The van der Waals surface area contributed by atoms with Gasteiger partial charge in [-0.3, -0.25) is 0 Å². The molecular weight excluding hydrogens is 266 g/mol. The maximum atomic E-state index is 6.01. The quantitative estimate of drug-likeness (QED) is 0.897. The average Bonchev–Trinajstić information content (AvgIpc) is 2.39. The summed E-state index contributed by atoms with van der Waals surface area (Å²) in [6.45, 7) is 6.44. The van der Waals surface area contributed by atoms with Crippen molar-refractivity contribution >= 4 is 11.6 Å². The molecule has 1 nitrogen and oxygen atoms in total. The topological polar surface area (TPSA) is 12.0 Å². The first-order valence-electron chi connectivity index (χ1n) is 7.12. The van der Waals surface area contributed by atoms with Crippen LogP contribution in [0, 0.1) is 13.8 Å². The Morgan fingerprint density at radius 2 is 1.70 bits per heavy atom. The van der Waals surface area contributed by atoms with Gasteiger partial charge in [-0.25, -0.2) is 0 Å². The van der Waals surface area contributed by atoms with Gasteiger partial charge >= 0.3 is 0 Å². The molecule has 0 atom stereocenters. The molecule has 3 rings (SSSR count). The van der Waals surface area contributed by atoms with Crippen molar-refractivity contribution in [2.45, 2.75) is 25.7 Å². The third-order valence-corrected chi connectivity index (χ3v) is 4.75. The lowest BCUT2D eigenvalue weighted by Crippen LogP contribution is -2.58. The van der Waals surface area contributed by atoms with Crippen molar-refractivity contribution in [2.24, 2.45) is 0 Å². The first kappa shape index (κ1) is 13.7.